The molecule has 134 valence electrons. The molecule has 8 heteroatoms. The van der Waals surface area contributed by atoms with Crippen molar-refractivity contribution >= 4 is 22.1 Å². The zero-order valence-electron chi connectivity index (χ0n) is 14.2. The number of imidazole rings is 2. The van der Waals surface area contributed by atoms with Crippen molar-refractivity contribution in [3.63, 3.8) is 0 Å². The van der Waals surface area contributed by atoms with Crippen molar-refractivity contribution in [1.82, 2.24) is 19.9 Å². The highest BCUT2D eigenvalue weighted by Gasteiger charge is 2.26. The van der Waals surface area contributed by atoms with Crippen LogP contribution in [0.4, 0.5) is 0 Å². The first kappa shape index (κ1) is 16.4. The molecule has 0 saturated heterocycles. The third-order valence-corrected chi connectivity index (χ3v) is 4.28. The SMILES string of the molecule is COc1ccc2[nH]c([C@H](O)[C@@H](O)c3nc4cc(OC)ccc4[nH]3)nc2c1. The Balaban J connectivity index is 1.65. The molecular formula is C18H18N4O4. The number of hydrogen-bond acceptors (Lipinski definition) is 6. The van der Waals surface area contributed by atoms with E-state index in [-0.39, 0.29) is 11.6 Å². The first-order valence-electron chi connectivity index (χ1n) is 8.02. The summed E-state index contributed by atoms with van der Waals surface area (Å²) in [7, 11) is 3.15. The summed E-state index contributed by atoms with van der Waals surface area (Å²) in [6, 6.07) is 10.7. The van der Waals surface area contributed by atoms with E-state index >= 15 is 0 Å². The molecule has 8 nitrogen and oxygen atoms in total. The number of hydrogen-bond donors (Lipinski definition) is 4. The number of aromatic amines is 2. The average Bonchev–Trinajstić information content (AvgIpc) is 3.29. The van der Waals surface area contributed by atoms with E-state index in [9.17, 15) is 10.2 Å². The third kappa shape index (κ3) is 2.75. The molecule has 4 rings (SSSR count). The van der Waals surface area contributed by atoms with Crippen molar-refractivity contribution < 1.29 is 19.7 Å². The van der Waals surface area contributed by atoms with E-state index in [1.165, 1.54) is 0 Å². The molecule has 0 amide bonds. The van der Waals surface area contributed by atoms with Crippen LogP contribution in [0.5, 0.6) is 11.5 Å². The molecule has 0 aliphatic rings. The lowest BCUT2D eigenvalue weighted by Gasteiger charge is -2.13. The lowest BCUT2D eigenvalue weighted by atomic mass is 10.2. The molecule has 26 heavy (non-hydrogen) atoms. The van der Waals surface area contributed by atoms with Gasteiger partial charge in [-0.05, 0) is 24.3 Å². The van der Waals surface area contributed by atoms with Crippen LogP contribution in [0.2, 0.25) is 0 Å². The maximum absolute atomic E-state index is 10.5. The van der Waals surface area contributed by atoms with E-state index in [1.807, 2.05) is 0 Å². The van der Waals surface area contributed by atoms with Crippen molar-refractivity contribution in [3.8, 4) is 11.5 Å². The second kappa shape index (κ2) is 6.32. The lowest BCUT2D eigenvalue weighted by molar-refractivity contribution is 0.00780. The summed E-state index contributed by atoms with van der Waals surface area (Å²) >= 11 is 0. The summed E-state index contributed by atoms with van der Waals surface area (Å²) in [6.07, 6.45) is -2.54. The van der Waals surface area contributed by atoms with Gasteiger partial charge in [-0.15, -0.1) is 0 Å². The zero-order valence-corrected chi connectivity index (χ0v) is 14.2. The molecule has 0 fully saturated rings. The number of benzene rings is 2. The van der Waals surface area contributed by atoms with Crippen LogP contribution in [0.3, 0.4) is 0 Å². The number of aromatic nitrogens is 4. The fraction of sp³-hybridized carbons (Fsp3) is 0.222. The van der Waals surface area contributed by atoms with Crippen molar-refractivity contribution in [1.29, 1.82) is 0 Å². The number of aliphatic hydroxyl groups excluding tert-OH is 2. The van der Waals surface area contributed by atoms with Gasteiger partial charge in [-0.2, -0.15) is 0 Å². The Bertz CT molecular complexity index is 986. The second-order valence-corrected chi connectivity index (χ2v) is 5.90. The minimum Gasteiger partial charge on any atom is -0.497 e. The van der Waals surface area contributed by atoms with E-state index in [0.717, 1.165) is 11.0 Å². The van der Waals surface area contributed by atoms with Gasteiger partial charge >= 0.3 is 0 Å². The predicted molar refractivity (Wildman–Crippen MR) is 95.2 cm³/mol. The van der Waals surface area contributed by atoms with Gasteiger partial charge in [0.15, 0.2) is 0 Å². The minimum atomic E-state index is -1.27. The van der Waals surface area contributed by atoms with Crippen LogP contribution in [0.1, 0.15) is 23.9 Å². The van der Waals surface area contributed by atoms with Crippen LogP contribution in [-0.2, 0) is 0 Å². The molecule has 0 saturated carbocycles. The van der Waals surface area contributed by atoms with Crippen molar-refractivity contribution in [2.75, 3.05) is 14.2 Å². The first-order valence-corrected chi connectivity index (χ1v) is 8.02. The minimum absolute atomic E-state index is 0.249. The number of ether oxygens (including phenoxy) is 2. The van der Waals surface area contributed by atoms with E-state index in [1.54, 1.807) is 50.6 Å². The summed E-state index contributed by atoms with van der Waals surface area (Å²) in [5, 5.41) is 21.1. The van der Waals surface area contributed by atoms with Crippen LogP contribution < -0.4 is 9.47 Å². The molecule has 2 heterocycles. The molecule has 4 aromatic rings. The largest absolute Gasteiger partial charge is 0.497 e. The maximum Gasteiger partial charge on any atom is 0.145 e. The molecule has 0 radical (unpaired) electrons. The van der Waals surface area contributed by atoms with Crippen LogP contribution in [0.15, 0.2) is 36.4 Å². The Morgan fingerprint density at radius 3 is 1.58 bits per heavy atom. The molecule has 0 spiro atoms. The van der Waals surface area contributed by atoms with Gasteiger partial charge < -0.3 is 29.7 Å². The summed E-state index contributed by atoms with van der Waals surface area (Å²) in [5.41, 5.74) is 2.75. The normalized spacial score (nSPS) is 13.8. The Morgan fingerprint density at radius 1 is 0.769 bits per heavy atom. The Labute approximate surface area is 148 Å². The van der Waals surface area contributed by atoms with E-state index in [4.69, 9.17) is 9.47 Å². The number of aliphatic hydroxyl groups is 2. The first-order chi connectivity index (χ1) is 12.6. The van der Waals surface area contributed by atoms with E-state index in [0.29, 0.717) is 22.5 Å². The Hall–Kier alpha value is -3.10. The Kier molecular flexibility index (Phi) is 3.98. The number of nitrogens with one attached hydrogen (secondary N) is 2. The predicted octanol–water partition coefficient (Wildman–Crippen LogP) is 2.22. The number of H-pyrrole nitrogens is 2. The van der Waals surface area contributed by atoms with Crippen molar-refractivity contribution in [3.05, 3.63) is 48.0 Å². The van der Waals surface area contributed by atoms with E-state index < -0.39 is 12.2 Å². The molecule has 0 bridgehead atoms. The Morgan fingerprint density at radius 2 is 1.19 bits per heavy atom. The molecule has 2 aromatic heterocycles. The van der Waals surface area contributed by atoms with Crippen LogP contribution in [0.25, 0.3) is 22.1 Å². The topological polar surface area (TPSA) is 116 Å². The summed E-state index contributed by atoms with van der Waals surface area (Å²) in [5.74, 6) is 1.83. The summed E-state index contributed by atoms with van der Waals surface area (Å²) in [4.78, 5) is 14.7. The third-order valence-electron chi connectivity index (χ3n) is 4.28. The van der Waals surface area contributed by atoms with Crippen molar-refractivity contribution in [2.45, 2.75) is 12.2 Å². The van der Waals surface area contributed by atoms with Gasteiger partial charge in [0.25, 0.3) is 0 Å². The molecule has 0 aliphatic heterocycles. The highest BCUT2D eigenvalue weighted by Crippen LogP contribution is 2.29. The van der Waals surface area contributed by atoms with E-state index in [2.05, 4.69) is 19.9 Å². The van der Waals surface area contributed by atoms with Crippen molar-refractivity contribution in [2.24, 2.45) is 0 Å². The summed E-state index contributed by atoms with van der Waals surface area (Å²) in [6.45, 7) is 0. The molecule has 0 unspecified atom stereocenters. The van der Waals surface area contributed by atoms with Gasteiger partial charge in [0, 0.05) is 12.1 Å². The standard InChI is InChI=1S/C18H18N4O4/c1-25-9-3-5-11-13(7-9)21-17(19-11)15(23)16(24)18-20-12-6-4-10(26-2)8-14(12)22-18/h3-8,15-16,23-24H,1-2H3,(H,19,21)(H,20,22)/t15-,16-/m1/s1. The lowest BCUT2D eigenvalue weighted by Crippen LogP contribution is -2.13. The van der Waals surface area contributed by atoms with Crippen LogP contribution in [0, 0.1) is 0 Å². The zero-order chi connectivity index (χ0) is 18.3. The molecule has 0 aliphatic carbocycles. The highest BCUT2D eigenvalue weighted by molar-refractivity contribution is 5.77. The number of fused-ring (bicyclic) bond motifs is 2. The monoisotopic (exact) mass is 354 g/mol. The quantitative estimate of drug-likeness (QED) is 0.437. The molecule has 2 aromatic carbocycles. The van der Waals surface area contributed by atoms with Crippen LogP contribution >= 0.6 is 0 Å². The van der Waals surface area contributed by atoms with Gasteiger partial charge in [-0.1, -0.05) is 0 Å². The molecule has 4 N–H and O–H groups in total. The number of rotatable bonds is 5. The van der Waals surface area contributed by atoms with Gasteiger partial charge in [-0.3, -0.25) is 0 Å². The van der Waals surface area contributed by atoms with Gasteiger partial charge in [0.1, 0.15) is 35.4 Å². The maximum atomic E-state index is 10.5. The fourth-order valence-corrected chi connectivity index (χ4v) is 2.84. The number of methoxy groups -OCH3 is 2. The smallest absolute Gasteiger partial charge is 0.145 e. The molecular weight excluding hydrogens is 336 g/mol. The van der Waals surface area contributed by atoms with Gasteiger partial charge in [0.05, 0.1) is 36.3 Å². The van der Waals surface area contributed by atoms with Gasteiger partial charge in [0.2, 0.25) is 0 Å². The van der Waals surface area contributed by atoms with Gasteiger partial charge in [-0.25, -0.2) is 9.97 Å². The molecule has 2 atom stereocenters. The average molecular weight is 354 g/mol. The van der Waals surface area contributed by atoms with Crippen LogP contribution in [-0.4, -0.2) is 44.4 Å². The summed E-state index contributed by atoms with van der Waals surface area (Å²) < 4.78 is 10.3. The fourth-order valence-electron chi connectivity index (χ4n) is 2.84. The second-order valence-electron chi connectivity index (χ2n) is 5.90. The number of nitrogens with zero attached hydrogens (tertiary/aromatic N) is 2. The highest BCUT2D eigenvalue weighted by atomic mass is 16.5.